The average molecular weight is 459 g/mol. The molecule has 34 heavy (non-hydrogen) atoms. The van der Waals surface area contributed by atoms with E-state index in [0.717, 1.165) is 56.4 Å². The quantitative estimate of drug-likeness (QED) is 0.411. The molecule has 7 heteroatoms. The molecular formula is C27H30N4O3. The van der Waals surface area contributed by atoms with Gasteiger partial charge in [0.1, 0.15) is 11.5 Å². The number of aryl methyl sites for hydroxylation is 4. The van der Waals surface area contributed by atoms with E-state index < -0.39 is 0 Å². The van der Waals surface area contributed by atoms with Gasteiger partial charge >= 0.3 is 0 Å². The number of nitrogens with one attached hydrogen (secondary N) is 1. The van der Waals surface area contributed by atoms with Gasteiger partial charge in [-0.25, -0.2) is 9.50 Å². The summed E-state index contributed by atoms with van der Waals surface area (Å²) >= 11 is 0. The summed E-state index contributed by atoms with van der Waals surface area (Å²) in [5, 5.41) is 7.84. The maximum absolute atomic E-state index is 12.7. The van der Waals surface area contributed by atoms with Crippen LogP contribution in [0, 0.1) is 27.7 Å². The highest BCUT2D eigenvalue weighted by Gasteiger charge is 2.17. The van der Waals surface area contributed by atoms with Gasteiger partial charge in [-0.2, -0.15) is 5.10 Å². The summed E-state index contributed by atoms with van der Waals surface area (Å²) in [6, 6.07) is 13.7. The third kappa shape index (κ3) is 4.59. The van der Waals surface area contributed by atoms with E-state index in [1.165, 1.54) is 0 Å². The number of benzene rings is 2. The summed E-state index contributed by atoms with van der Waals surface area (Å²) in [4.78, 5) is 17.4. The minimum atomic E-state index is -0.0169. The Morgan fingerprint density at radius 2 is 1.79 bits per heavy atom. The molecule has 0 radical (unpaired) electrons. The molecule has 176 valence electrons. The van der Waals surface area contributed by atoms with Crippen molar-refractivity contribution in [1.29, 1.82) is 0 Å². The zero-order valence-electron chi connectivity index (χ0n) is 20.5. The molecule has 0 fully saturated rings. The van der Waals surface area contributed by atoms with Crippen LogP contribution in [0.2, 0.25) is 0 Å². The van der Waals surface area contributed by atoms with Crippen LogP contribution >= 0.6 is 0 Å². The number of nitrogens with zero attached hydrogens (tertiary/aromatic N) is 3. The topological polar surface area (TPSA) is 77.8 Å². The first-order chi connectivity index (χ1) is 16.3. The molecule has 0 aliphatic rings. The normalized spacial score (nSPS) is 11.0. The molecule has 1 amide bonds. The first-order valence-corrected chi connectivity index (χ1v) is 11.3. The Morgan fingerprint density at radius 3 is 2.53 bits per heavy atom. The third-order valence-corrected chi connectivity index (χ3v) is 6.12. The molecule has 4 aromatic rings. The van der Waals surface area contributed by atoms with Crippen molar-refractivity contribution < 1.29 is 14.3 Å². The lowest BCUT2D eigenvalue weighted by Crippen LogP contribution is -2.15. The predicted octanol–water partition coefficient (Wildman–Crippen LogP) is 5.22. The predicted molar refractivity (Wildman–Crippen MR) is 134 cm³/mol. The molecular weight excluding hydrogens is 428 g/mol. The maximum atomic E-state index is 12.7. The number of carbonyl (C=O) groups excluding carboxylic acids is 1. The number of ether oxygens (including phenoxy) is 2. The van der Waals surface area contributed by atoms with Gasteiger partial charge in [0.2, 0.25) is 5.91 Å². The molecule has 0 saturated carbocycles. The molecule has 1 N–H and O–H groups in total. The average Bonchev–Trinajstić information content (AvgIpc) is 3.24. The molecule has 0 aliphatic carbocycles. The maximum Gasteiger partial charge on any atom is 0.224 e. The summed E-state index contributed by atoms with van der Waals surface area (Å²) < 4.78 is 12.7. The number of fused-ring (bicyclic) bond motifs is 1. The van der Waals surface area contributed by atoms with Crippen molar-refractivity contribution >= 4 is 17.2 Å². The third-order valence-electron chi connectivity index (χ3n) is 6.12. The van der Waals surface area contributed by atoms with Crippen LogP contribution in [0.15, 0.2) is 42.5 Å². The SMILES string of the molecule is COc1ccc(-c2cc3nc(C)c(CCC(=O)Nc4cc(C)ccc4C)c(C)n3n2)c(OC)c1. The van der Waals surface area contributed by atoms with Gasteiger partial charge in [0, 0.05) is 41.2 Å². The zero-order chi connectivity index (χ0) is 24.4. The first-order valence-electron chi connectivity index (χ1n) is 11.3. The second kappa shape index (κ2) is 9.55. The standard InChI is InChI=1S/C27H30N4O3/c1-16-7-8-17(2)23(13-16)29-27(32)12-11-21-18(3)28-26-15-24(30-31(26)19(21)4)22-10-9-20(33-5)14-25(22)34-6/h7-10,13-15H,11-12H2,1-6H3,(H,29,32). The molecule has 4 rings (SSSR count). The smallest absolute Gasteiger partial charge is 0.224 e. The van der Waals surface area contributed by atoms with Gasteiger partial charge in [-0.3, -0.25) is 4.79 Å². The molecule has 0 saturated heterocycles. The minimum absolute atomic E-state index is 0.0169. The lowest BCUT2D eigenvalue weighted by atomic mass is 10.1. The molecule has 0 spiro atoms. The fourth-order valence-electron chi connectivity index (χ4n) is 4.15. The second-order valence-corrected chi connectivity index (χ2v) is 8.49. The van der Waals surface area contributed by atoms with Crippen LogP contribution < -0.4 is 14.8 Å². The number of hydrogen-bond donors (Lipinski definition) is 1. The summed E-state index contributed by atoms with van der Waals surface area (Å²) in [7, 11) is 3.25. The van der Waals surface area contributed by atoms with E-state index in [0.29, 0.717) is 18.6 Å². The van der Waals surface area contributed by atoms with Crippen molar-refractivity contribution in [3.63, 3.8) is 0 Å². The van der Waals surface area contributed by atoms with Crippen molar-refractivity contribution in [3.05, 3.63) is 70.5 Å². The van der Waals surface area contributed by atoms with Crippen molar-refractivity contribution in [2.24, 2.45) is 0 Å². The van der Waals surface area contributed by atoms with Crippen LogP contribution in [0.4, 0.5) is 5.69 Å². The number of hydrogen-bond acceptors (Lipinski definition) is 5. The van der Waals surface area contributed by atoms with E-state index in [9.17, 15) is 4.79 Å². The van der Waals surface area contributed by atoms with Gasteiger partial charge in [0.15, 0.2) is 5.65 Å². The largest absolute Gasteiger partial charge is 0.497 e. The fraction of sp³-hybridized carbons (Fsp3) is 0.296. The summed E-state index contributed by atoms with van der Waals surface area (Å²) in [6.45, 7) is 8.00. The number of amides is 1. The van der Waals surface area contributed by atoms with Gasteiger partial charge in [-0.05, 0) is 69.0 Å². The molecule has 0 bridgehead atoms. The Hall–Kier alpha value is -3.87. The fourth-order valence-corrected chi connectivity index (χ4v) is 4.15. The number of aromatic nitrogens is 3. The molecule has 0 atom stereocenters. The molecule has 2 heterocycles. The number of rotatable bonds is 7. The summed E-state index contributed by atoms with van der Waals surface area (Å²) in [5.41, 5.74) is 8.30. The Labute approximate surface area is 199 Å². The van der Waals surface area contributed by atoms with Gasteiger partial charge < -0.3 is 14.8 Å². The molecule has 2 aromatic heterocycles. The Kier molecular flexibility index (Phi) is 6.54. The van der Waals surface area contributed by atoms with E-state index in [1.54, 1.807) is 14.2 Å². The lowest BCUT2D eigenvalue weighted by Gasteiger charge is -2.12. The zero-order valence-corrected chi connectivity index (χ0v) is 20.5. The highest BCUT2D eigenvalue weighted by Crippen LogP contribution is 2.33. The number of carbonyl (C=O) groups is 1. The van der Waals surface area contributed by atoms with Crippen LogP contribution in [0.1, 0.15) is 34.5 Å². The molecule has 2 aromatic carbocycles. The summed E-state index contributed by atoms with van der Waals surface area (Å²) in [6.07, 6.45) is 0.945. The Bertz CT molecular complexity index is 1370. The van der Waals surface area contributed by atoms with Gasteiger partial charge in [0.05, 0.1) is 19.9 Å². The van der Waals surface area contributed by atoms with Crippen LogP contribution in [0.25, 0.3) is 16.9 Å². The summed E-state index contributed by atoms with van der Waals surface area (Å²) in [5.74, 6) is 1.38. The Morgan fingerprint density at radius 1 is 1.00 bits per heavy atom. The Balaban J connectivity index is 1.59. The highest BCUT2D eigenvalue weighted by molar-refractivity contribution is 5.91. The molecule has 0 aliphatic heterocycles. The number of methoxy groups -OCH3 is 2. The van der Waals surface area contributed by atoms with E-state index in [1.807, 2.05) is 74.7 Å². The van der Waals surface area contributed by atoms with Gasteiger partial charge in [-0.1, -0.05) is 12.1 Å². The van der Waals surface area contributed by atoms with E-state index in [4.69, 9.17) is 19.6 Å². The molecule has 0 unspecified atom stereocenters. The monoisotopic (exact) mass is 458 g/mol. The lowest BCUT2D eigenvalue weighted by molar-refractivity contribution is -0.116. The van der Waals surface area contributed by atoms with Crippen LogP contribution in [-0.4, -0.2) is 34.7 Å². The molecule has 7 nitrogen and oxygen atoms in total. The van der Waals surface area contributed by atoms with E-state index in [-0.39, 0.29) is 5.91 Å². The van der Waals surface area contributed by atoms with Gasteiger partial charge in [-0.15, -0.1) is 0 Å². The van der Waals surface area contributed by atoms with Crippen LogP contribution in [0.3, 0.4) is 0 Å². The van der Waals surface area contributed by atoms with Crippen LogP contribution in [-0.2, 0) is 11.2 Å². The second-order valence-electron chi connectivity index (χ2n) is 8.49. The van der Waals surface area contributed by atoms with Crippen molar-refractivity contribution in [1.82, 2.24) is 14.6 Å². The number of anilines is 1. The van der Waals surface area contributed by atoms with Crippen molar-refractivity contribution in [2.75, 3.05) is 19.5 Å². The minimum Gasteiger partial charge on any atom is -0.497 e. The van der Waals surface area contributed by atoms with Crippen LogP contribution in [0.5, 0.6) is 11.5 Å². The van der Waals surface area contributed by atoms with Gasteiger partial charge in [0.25, 0.3) is 0 Å². The van der Waals surface area contributed by atoms with E-state index in [2.05, 4.69) is 5.32 Å². The first kappa shape index (κ1) is 23.3. The highest BCUT2D eigenvalue weighted by atomic mass is 16.5. The van der Waals surface area contributed by atoms with Crippen molar-refractivity contribution in [3.8, 4) is 22.8 Å². The van der Waals surface area contributed by atoms with E-state index >= 15 is 0 Å². The van der Waals surface area contributed by atoms with Crippen molar-refractivity contribution in [2.45, 2.75) is 40.5 Å².